The molecule has 1 atom stereocenters. The second-order valence-electron chi connectivity index (χ2n) is 7.47. The van der Waals surface area contributed by atoms with E-state index in [4.69, 9.17) is 5.11 Å². The Morgan fingerprint density at radius 2 is 1.81 bits per heavy atom. The number of aromatic nitrogens is 2. The van der Waals surface area contributed by atoms with Crippen molar-refractivity contribution in [1.29, 1.82) is 0 Å². The van der Waals surface area contributed by atoms with E-state index in [9.17, 15) is 9.59 Å². The molecular formula is C24H27N3O3S. The number of aryl methyl sites for hydroxylation is 1. The number of amides is 1. The van der Waals surface area contributed by atoms with Gasteiger partial charge in [0.05, 0.1) is 17.8 Å². The third-order valence-electron chi connectivity index (χ3n) is 4.98. The summed E-state index contributed by atoms with van der Waals surface area (Å²) in [6, 6.07) is 18.3. The number of benzene rings is 2. The lowest BCUT2D eigenvalue weighted by Gasteiger charge is -2.17. The van der Waals surface area contributed by atoms with Gasteiger partial charge in [-0.2, -0.15) is 17.7 Å². The molecule has 2 aromatic carbocycles. The number of nitrogens with one attached hydrogen (secondary N) is 1. The summed E-state index contributed by atoms with van der Waals surface area (Å²) >= 11 is 4.42. The van der Waals surface area contributed by atoms with Crippen LogP contribution in [0.4, 0.5) is 0 Å². The standard InChI is InChI=1S/C24H27N3O3S/c1-2-6-20-14-22(23(28)25-21(16-31)13-17-7-4-3-5-8-17)27(26-20)15-18-9-11-19(12-10-18)24(29)30/h3-5,7-12,14,21,31H,2,6,13,15-16H2,1H3,(H,25,28)(H,29,30)/t21-/m0/s1. The average Bonchev–Trinajstić information content (AvgIpc) is 3.17. The third kappa shape index (κ3) is 6.21. The molecule has 3 rings (SSSR count). The van der Waals surface area contributed by atoms with Gasteiger partial charge in [-0.05, 0) is 42.2 Å². The molecule has 0 aliphatic heterocycles. The fourth-order valence-electron chi connectivity index (χ4n) is 3.40. The molecule has 1 amide bonds. The molecule has 0 aliphatic rings. The number of carbonyl (C=O) groups is 2. The Hall–Kier alpha value is -3.06. The van der Waals surface area contributed by atoms with E-state index >= 15 is 0 Å². The molecular weight excluding hydrogens is 410 g/mol. The summed E-state index contributed by atoms with van der Waals surface area (Å²) in [6.45, 7) is 2.46. The van der Waals surface area contributed by atoms with Crippen molar-refractivity contribution in [3.05, 3.63) is 88.7 Å². The van der Waals surface area contributed by atoms with E-state index in [-0.39, 0.29) is 17.5 Å². The van der Waals surface area contributed by atoms with E-state index in [2.05, 4.69) is 30.0 Å². The third-order valence-corrected chi connectivity index (χ3v) is 5.42. The lowest BCUT2D eigenvalue weighted by atomic mass is 10.1. The number of hydrogen-bond donors (Lipinski definition) is 3. The molecule has 0 bridgehead atoms. The summed E-state index contributed by atoms with van der Waals surface area (Å²) in [5.74, 6) is -0.633. The van der Waals surface area contributed by atoms with Crippen LogP contribution in [0.25, 0.3) is 0 Å². The van der Waals surface area contributed by atoms with Crippen LogP contribution in [-0.2, 0) is 19.4 Å². The Balaban J connectivity index is 1.78. The van der Waals surface area contributed by atoms with E-state index in [0.717, 1.165) is 29.7 Å². The highest BCUT2D eigenvalue weighted by molar-refractivity contribution is 7.80. The normalized spacial score (nSPS) is 11.8. The summed E-state index contributed by atoms with van der Waals surface area (Å²) in [6.07, 6.45) is 2.41. The maximum Gasteiger partial charge on any atom is 0.335 e. The number of carbonyl (C=O) groups excluding carboxylic acids is 1. The molecule has 0 spiro atoms. The smallest absolute Gasteiger partial charge is 0.335 e. The van der Waals surface area contributed by atoms with Crippen LogP contribution in [-0.4, -0.2) is 38.6 Å². The van der Waals surface area contributed by atoms with E-state index in [1.54, 1.807) is 28.9 Å². The van der Waals surface area contributed by atoms with Crippen LogP contribution in [0.3, 0.4) is 0 Å². The van der Waals surface area contributed by atoms with Crippen LogP contribution in [0.5, 0.6) is 0 Å². The summed E-state index contributed by atoms with van der Waals surface area (Å²) in [5.41, 5.74) is 3.60. The lowest BCUT2D eigenvalue weighted by molar-refractivity contribution is 0.0696. The zero-order valence-corrected chi connectivity index (χ0v) is 18.4. The van der Waals surface area contributed by atoms with Crippen molar-refractivity contribution < 1.29 is 14.7 Å². The van der Waals surface area contributed by atoms with Gasteiger partial charge in [0, 0.05) is 11.8 Å². The second kappa shape index (κ2) is 10.8. The van der Waals surface area contributed by atoms with E-state index in [1.807, 2.05) is 36.4 Å². The Labute approximate surface area is 187 Å². The highest BCUT2D eigenvalue weighted by Crippen LogP contribution is 2.13. The molecule has 0 unspecified atom stereocenters. The first-order valence-corrected chi connectivity index (χ1v) is 11.0. The number of carboxylic acid groups (broad SMARTS) is 1. The maximum absolute atomic E-state index is 13.1. The van der Waals surface area contributed by atoms with Crippen molar-refractivity contribution in [3.8, 4) is 0 Å². The molecule has 2 N–H and O–H groups in total. The van der Waals surface area contributed by atoms with Crippen LogP contribution in [0, 0.1) is 0 Å². The molecule has 0 saturated carbocycles. The minimum atomic E-state index is -0.966. The van der Waals surface area contributed by atoms with Crippen LogP contribution in [0.1, 0.15) is 51.0 Å². The van der Waals surface area contributed by atoms with Gasteiger partial charge in [-0.25, -0.2) is 4.79 Å². The molecule has 0 radical (unpaired) electrons. The summed E-state index contributed by atoms with van der Waals surface area (Å²) < 4.78 is 1.69. The predicted octanol–water partition coefficient (Wildman–Crippen LogP) is 3.85. The molecule has 1 heterocycles. The van der Waals surface area contributed by atoms with Gasteiger partial charge in [-0.15, -0.1) is 0 Å². The predicted molar refractivity (Wildman–Crippen MR) is 124 cm³/mol. The Kier molecular flexibility index (Phi) is 7.89. The van der Waals surface area contributed by atoms with Crippen molar-refractivity contribution in [2.24, 2.45) is 0 Å². The lowest BCUT2D eigenvalue weighted by Crippen LogP contribution is -2.38. The first-order valence-electron chi connectivity index (χ1n) is 10.3. The van der Waals surface area contributed by atoms with Gasteiger partial charge in [-0.1, -0.05) is 55.8 Å². The first kappa shape index (κ1) is 22.6. The highest BCUT2D eigenvalue weighted by atomic mass is 32.1. The van der Waals surface area contributed by atoms with Crippen molar-refractivity contribution in [1.82, 2.24) is 15.1 Å². The van der Waals surface area contributed by atoms with Crippen LogP contribution >= 0.6 is 12.6 Å². The van der Waals surface area contributed by atoms with Gasteiger partial charge >= 0.3 is 5.97 Å². The molecule has 0 aliphatic carbocycles. The SMILES string of the molecule is CCCc1cc(C(=O)N[C@H](CS)Cc2ccccc2)n(Cc2ccc(C(=O)O)cc2)n1. The number of nitrogens with zero attached hydrogens (tertiary/aromatic N) is 2. The molecule has 0 saturated heterocycles. The molecule has 0 fully saturated rings. The Morgan fingerprint density at radius 1 is 1.10 bits per heavy atom. The Bertz CT molecular complexity index is 1020. The summed E-state index contributed by atoms with van der Waals surface area (Å²) in [4.78, 5) is 24.2. The van der Waals surface area contributed by atoms with Crippen molar-refractivity contribution >= 4 is 24.5 Å². The molecule has 6 nitrogen and oxygen atoms in total. The van der Waals surface area contributed by atoms with E-state index in [0.29, 0.717) is 24.4 Å². The van der Waals surface area contributed by atoms with Crippen LogP contribution in [0.2, 0.25) is 0 Å². The maximum atomic E-state index is 13.1. The molecule has 3 aromatic rings. The molecule has 162 valence electrons. The van der Waals surface area contributed by atoms with Crippen LogP contribution < -0.4 is 5.32 Å². The largest absolute Gasteiger partial charge is 0.478 e. The topological polar surface area (TPSA) is 84.2 Å². The van der Waals surface area contributed by atoms with Gasteiger partial charge in [0.25, 0.3) is 5.91 Å². The average molecular weight is 438 g/mol. The van der Waals surface area contributed by atoms with E-state index < -0.39 is 5.97 Å². The molecule has 1 aromatic heterocycles. The minimum absolute atomic E-state index is 0.106. The highest BCUT2D eigenvalue weighted by Gasteiger charge is 2.19. The monoisotopic (exact) mass is 437 g/mol. The number of carboxylic acids is 1. The number of thiol groups is 1. The van der Waals surface area contributed by atoms with Gasteiger partial charge in [0.2, 0.25) is 0 Å². The van der Waals surface area contributed by atoms with Crippen molar-refractivity contribution in [2.75, 3.05) is 5.75 Å². The number of hydrogen-bond acceptors (Lipinski definition) is 4. The van der Waals surface area contributed by atoms with Gasteiger partial charge < -0.3 is 10.4 Å². The zero-order valence-electron chi connectivity index (χ0n) is 17.5. The quantitative estimate of drug-likeness (QED) is 0.421. The summed E-state index contributed by atoms with van der Waals surface area (Å²) in [5, 5.41) is 16.8. The number of aromatic carboxylic acids is 1. The van der Waals surface area contributed by atoms with Crippen molar-refractivity contribution in [2.45, 2.75) is 38.8 Å². The zero-order chi connectivity index (χ0) is 22.2. The second-order valence-corrected chi connectivity index (χ2v) is 7.84. The van der Waals surface area contributed by atoms with Crippen molar-refractivity contribution in [3.63, 3.8) is 0 Å². The first-order chi connectivity index (χ1) is 15.0. The van der Waals surface area contributed by atoms with Gasteiger partial charge in [0.15, 0.2) is 0 Å². The van der Waals surface area contributed by atoms with Crippen LogP contribution in [0.15, 0.2) is 60.7 Å². The fraction of sp³-hybridized carbons (Fsp3) is 0.292. The molecule has 7 heteroatoms. The Morgan fingerprint density at radius 3 is 2.42 bits per heavy atom. The van der Waals surface area contributed by atoms with Gasteiger partial charge in [-0.3, -0.25) is 9.48 Å². The van der Waals surface area contributed by atoms with Gasteiger partial charge in [0.1, 0.15) is 5.69 Å². The fourth-order valence-corrected chi connectivity index (χ4v) is 3.62. The minimum Gasteiger partial charge on any atom is -0.478 e. The summed E-state index contributed by atoms with van der Waals surface area (Å²) in [7, 11) is 0. The molecule has 31 heavy (non-hydrogen) atoms. The number of rotatable bonds is 10. The van der Waals surface area contributed by atoms with E-state index in [1.165, 1.54) is 0 Å².